The number of hydrogen-bond donors (Lipinski definition) is 0. The Kier molecular flexibility index (Phi) is 11.3. The van der Waals surface area contributed by atoms with Crippen molar-refractivity contribution in [2.45, 2.75) is 0 Å². The Balaban J connectivity index is 0. The van der Waals surface area contributed by atoms with E-state index in [2.05, 4.69) is 22.5 Å². The van der Waals surface area contributed by atoms with Crippen LogP contribution in [0.5, 0.6) is 0 Å². The molecule has 0 aromatic carbocycles. The monoisotopic (exact) mass is 290 g/mol. The van der Waals surface area contributed by atoms with Gasteiger partial charge in [0.25, 0.3) is 0 Å². The summed E-state index contributed by atoms with van der Waals surface area (Å²) in [6.45, 7) is 0. The fourth-order valence-electron chi connectivity index (χ4n) is 0.222. The third kappa shape index (κ3) is 6.00. The number of rotatable bonds is 0. The number of nitrogens with zero attached hydrogens (tertiary/aromatic N) is 2. The summed E-state index contributed by atoms with van der Waals surface area (Å²) in [4.78, 5) is 6.88. The quantitative estimate of drug-likeness (QED) is 0.658. The molecule has 0 N–H and O–H groups in total. The molecule has 0 saturated carbocycles. The Morgan fingerprint density at radius 3 is 2.33 bits per heavy atom. The average Bonchev–Trinajstić information content (AvgIpc) is 1.69. The van der Waals surface area contributed by atoms with Gasteiger partial charge in [-0.15, -0.1) is 11.6 Å². The SMILES string of the molecule is Clc1[c-]n[c-]nc1.[Y].[Y]. The maximum atomic E-state index is 5.34. The largest absolute Gasteiger partial charge is 0.523 e. The van der Waals surface area contributed by atoms with E-state index in [0.717, 1.165) is 0 Å². The average molecular weight is 290 g/mol. The number of aromatic nitrogens is 2. The molecule has 9 heavy (non-hydrogen) atoms. The Bertz CT molecular complexity index is 146. The Morgan fingerprint density at radius 1 is 1.44 bits per heavy atom. The van der Waals surface area contributed by atoms with Crippen LogP contribution in [0.15, 0.2) is 6.20 Å². The van der Waals surface area contributed by atoms with Crippen molar-refractivity contribution in [3.63, 3.8) is 0 Å². The minimum atomic E-state index is 0. The first-order valence-corrected chi connectivity index (χ1v) is 2.03. The second-order valence-electron chi connectivity index (χ2n) is 0.930. The van der Waals surface area contributed by atoms with E-state index >= 15 is 0 Å². The molecular weight excluding hydrogens is 289 g/mol. The summed E-state index contributed by atoms with van der Waals surface area (Å²) in [5.74, 6) is 0. The Labute approximate surface area is 109 Å². The minimum absolute atomic E-state index is 0. The van der Waals surface area contributed by atoms with Crippen LogP contribution in [0, 0.1) is 12.5 Å². The predicted octanol–water partition coefficient (Wildman–Crippen LogP) is 0.725. The molecule has 0 fully saturated rings. The molecule has 5 heteroatoms. The summed E-state index contributed by atoms with van der Waals surface area (Å²) in [6, 6.07) is 0. The molecule has 1 heterocycles. The molecule has 1 aromatic heterocycles. The van der Waals surface area contributed by atoms with Crippen LogP contribution >= 0.6 is 11.6 Å². The van der Waals surface area contributed by atoms with Gasteiger partial charge in [0.05, 0.1) is 0 Å². The van der Waals surface area contributed by atoms with Gasteiger partial charge in [-0.2, -0.15) is 17.5 Å². The third-order valence-electron chi connectivity index (χ3n) is 0.448. The molecule has 0 saturated heterocycles. The van der Waals surface area contributed by atoms with Crippen molar-refractivity contribution in [2.24, 2.45) is 0 Å². The van der Waals surface area contributed by atoms with E-state index in [9.17, 15) is 0 Å². The van der Waals surface area contributed by atoms with Gasteiger partial charge >= 0.3 is 0 Å². The fourth-order valence-corrected chi connectivity index (χ4v) is 0.313. The summed E-state index contributed by atoms with van der Waals surface area (Å²) in [5.41, 5.74) is 0. The van der Waals surface area contributed by atoms with E-state index in [-0.39, 0.29) is 65.4 Å². The van der Waals surface area contributed by atoms with Gasteiger partial charge < -0.3 is 9.97 Å². The zero-order chi connectivity index (χ0) is 5.11. The van der Waals surface area contributed by atoms with E-state index in [1.165, 1.54) is 6.20 Å². The summed E-state index contributed by atoms with van der Waals surface area (Å²) in [6.07, 6.45) is 6.15. The van der Waals surface area contributed by atoms with Crippen molar-refractivity contribution >= 4 is 11.6 Å². The molecule has 0 aliphatic rings. The zero-order valence-corrected chi connectivity index (χ0v) is 10.9. The maximum absolute atomic E-state index is 5.34. The van der Waals surface area contributed by atoms with Crippen molar-refractivity contribution in [3.8, 4) is 0 Å². The van der Waals surface area contributed by atoms with Gasteiger partial charge in [-0.1, -0.05) is 0 Å². The topological polar surface area (TPSA) is 25.8 Å². The van der Waals surface area contributed by atoms with Gasteiger partial charge in [-0.3, -0.25) is 0 Å². The fraction of sp³-hybridized carbons (Fsp3) is 0. The Morgan fingerprint density at radius 2 is 2.11 bits per heavy atom. The smallest absolute Gasteiger partial charge is 0 e. The van der Waals surface area contributed by atoms with E-state index in [4.69, 9.17) is 11.6 Å². The zero-order valence-electron chi connectivity index (χ0n) is 4.50. The molecule has 2 nitrogen and oxygen atoms in total. The second-order valence-corrected chi connectivity index (χ2v) is 1.34. The van der Waals surface area contributed by atoms with Crippen molar-refractivity contribution < 1.29 is 65.4 Å². The summed E-state index contributed by atoms with van der Waals surface area (Å²) >= 11 is 5.34. The summed E-state index contributed by atoms with van der Waals surface area (Å²) in [7, 11) is 0. The van der Waals surface area contributed by atoms with E-state index in [1.807, 2.05) is 0 Å². The van der Waals surface area contributed by atoms with Crippen LogP contribution in [0.4, 0.5) is 0 Å². The molecule has 0 amide bonds. The standard InChI is InChI=1S/C4HClN2.2Y/c5-4-1-6-3-7-2-4;;/h1H;;/q-2;;. The number of hydrogen-bond acceptors (Lipinski definition) is 2. The van der Waals surface area contributed by atoms with Gasteiger partial charge in [0, 0.05) is 65.4 Å². The molecule has 0 unspecified atom stereocenters. The van der Waals surface area contributed by atoms with Crippen molar-refractivity contribution in [1.29, 1.82) is 0 Å². The van der Waals surface area contributed by atoms with Crippen molar-refractivity contribution in [3.05, 3.63) is 23.7 Å². The van der Waals surface area contributed by atoms with Crippen LogP contribution in [0.25, 0.3) is 0 Å². The third-order valence-corrected chi connectivity index (χ3v) is 0.630. The first kappa shape index (κ1) is 13.2. The van der Waals surface area contributed by atoms with Crippen LogP contribution in [0.2, 0.25) is 5.02 Å². The second kappa shape index (κ2) is 7.68. The van der Waals surface area contributed by atoms with Crippen LogP contribution in [-0.2, 0) is 65.4 Å². The molecule has 0 aliphatic carbocycles. The Hall–Kier alpha value is 1.58. The minimum Gasteiger partial charge on any atom is -0.523 e. The first-order valence-electron chi connectivity index (χ1n) is 1.66. The molecule has 1 rings (SSSR count). The summed E-state index contributed by atoms with van der Waals surface area (Å²) < 4.78 is 0. The van der Waals surface area contributed by atoms with Crippen molar-refractivity contribution in [2.75, 3.05) is 0 Å². The molecule has 0 bridgehead atoms. The van der Waals surface area contributed by atoms with E-state index < -0.39 is 0 Å². The maximum Gasteiger partial charge on any atom is 0 e. The van der Waals surface area contributed by atoms with Crippen LogP contribution < -0.4 is 0 Å². The summed E-state index contributed by atoms with van der Waals surface area (Å²) in [5, 5.41) is 0.416. The van der Waals surface area contributed by atoms with Gasteiger partial charge in [0.1, 0.15) is 0 Å². The van der Waals surface area contributed by atoms with E-state index in [1.54, 1.807) is 0 Å². The molecular formula is C4HClN2Y2-2. The van der Waals surface area contributed by atoms with Gasteiger partial charge in [0.2, 0.25) is 0 Å². The molecule has 2 radical (unpaired) electrons. The van der Waals surface area contributed by atoms with Crippen LogP contribution in [0.3, 0.4) is 0 Å². The van der Waals surface area contributed by atoms with Gasteiger partial charge in [-0.05, 0) is 0 Å². The van der Waals surface area contributed by atoms with Crippen molar-refractivity contribution in [1.82, 2.24) is 9.97 Å². The molecule has 0 atom stereocenters. The number of halogens is 1. The molecule has 0 aliphatic heterocycles. The molecule has 42 valence electrons. The van der Waals surface area contributed by atoms with E-state index in [0.29, 0.717) is 5.02 Å². The predicted molar refractivity (Wildman–Crippen MR) is 24.7 cm³/mol. The first-order chi connectivity index (χ1) is 3.39. The van der Waals surface area contributed by atoms with Gasteiger partial charge in [0.15, 0.2) is 0 Å². The molecule has 1 aromatic rings. The van der Waals surface area contributed by atoms with Crippen LogP contribution in [-0.4, -0.2) is 9.97 Å². The molecule has 0 spiro atoms. The van der Waals surface area contributed by atoms with Gasteiger partial charge in [-0.25, -0.2) is 6.20 Å². The normalized spacial score (nSPS) is 6.78. The van der Waals surface area contributed by atoms with Crippen LogP contribution in [0.1, 0.15) is 0 Å².